The first-order chi connectivity index (χ1) is 7.27. The van der Waals surface area contributed by atoms with Crippen molar-refractivity contribution in [3.63, 3.8) is 0 Å². The zero-order valence-corrected chi connectivity index (χ0v) is 10.8. The van der Waals surface area contributed by atoms with Gasteiger partial charge in [-0.2, -0.15) is 0 Å². The van der Waals surface area contributed by atoms with Crippen LogP contribution in [-0.2, 0) is 0 Å². The summed E-state index contributed by atoms with van der Waals surface area (Å²) in [6.07, 6.45) is 5.28. The molecule has 15 heavy (non-hydrogen) atoms. The first kappa shape index (κ1) is 13.0. The van der Waals surface area contributed by atoms with Crippen molar-refractivity contribution in [1.82, 2.24) is 10.2 Å². The molecule has 1 aliphatic rings. The van der Waals surface area contributed by atoms with Gasteiger partial charge in [0.2, 0.25) is 0 Å². The molecule has 1 saturated heterocycles. The van der Waals surface area contributed by atoms with Crippen LogP contribution in [0.4, 0.5) is 0 Å². The minimum Gasteiger partial charge on any atom is -0.312 e. The fourth-order valence-electron chi connectivity index (χ4n) is 2.27. The lowest BCUT2D eigenvalue weighted by Crippen LogP contribution is -2.42. The van der Waals surface area contributed by atoms with Crippen LogP contribution in [0.25, 0.3) is 0 Å². The SMILES string of the molecule is CCCCN1CCCNC(C(C)CC)C1. The fraction of sp³-hybridized carbons (Fsp3) is 1.00. The zero-order chi connectivity index (χ0) is 11.1. The third-order valence-corrected chi connectivity index (χ3v) is 3.67. The maximum Gasteiger partial charge on any atom is 0.0220 e. The van der Waals surface area contributed by atoms with E-state index in [9.17, 15) is 0 Å². The molecule has 1 aliphatic heterocycles. The molecule has 2 heteroatoms. The van der Waals surface area contributed by atoms with Crippen LogP contribution in [0.3, 0.4) is 0 Å². The van der Waals surface area contributed by atoms with Crippen molar-refractivity contribution in [2.45, 2.75) is 52.5 Å². The van der Waals surface area contributed by atoms with E-state index < -0.39 is 0 Å². The highest BCUT2D eigenvalue weighted by atomic mass is 15.2. The Morgan fingerprint density at radius 3 is 2.87 bits per heavy atom. The summed E-state index contributed by atoms with van der Waals surface area (Å²) in [4.78, 5) is 2.65. The maximum atomic E-state index is 3.70. The van der Waals surface area contributed by atoms with Gasteiger partial charge in [-0.05, 0) is 38.4 Å². The second kappa shape index (κ2) is 7.24. The molecule has 1 heterocycles. The second-order valence-electron chi connectivity index (χ2n) is 4.95. The molecule has 2 nitrogen and oxygen atoms in total. The Kier molecular flexibility index (Phi) is 6.26. The lowest BCUT2D eigenvalue weighted by Gasteiger charge is -2.27. The minimum absolute atomic E-state index is 0.717. The molecule has 90 valence electrons. The van der Waals surface area contributed by atoms with Crippen LogP contribution < -0.4 is 5.32 Å². The molecule has 0 aliphatic carbocycles. The van der Waals surface area contributed by atoms with Crippen LogP contribution in [0, 0.1) is 5.92 Å². The maximum absolute atomic E-state index is 3.70. The molecule has 1 fully saturated rings. The van der Waals surface area contributed by atoms with Crippen LogP contribution >= 0.6 is 0 Å². The lowest BCUT2D eigenvalue weighted by molar-refractivity contribution is 0.235. The van der Waals surface area contributed by atoms with E-state index in [2.05, 4.69) is 31.0 Å². The number of nitrogens with zero attached hydrogens (tertiary/aromatic N) is 1. The zero-order valence-electron chi connectivity index (χ0n) is 10.8. The van der Waals surface area contributed by atoms with E-state index in [1.165, 1.54) is 51.9 Å². The molecule has 0 aromatic carbocycles. The first-order valence-corrected chi connectivity index (χ1v) is 6.73. The van der Waals surface area contributed by atoms with Crippen molar-refractivity contribution in [1.29, 1.82) is 0 Å². The molecule has 2 atom stereocenters. The summed E-state index contributed by atoms with van der Waals surface area (Å²) in [5.41, 5.74) is 0. The monoisotopic (exact) mass is 212 g/mol. The molecule has 0 radical (unpaired) electrons. The average Bonchev–Trinajstić information content (AvgIpc) is 2.50. The second-order valence-corrected chi connectivity index (χ2v) is 4.95. The van der Waals surface area contributed by atoms with Crippen LogP contribution in [0.5, 0.6) is 0 Å². The van der Waals surface area contributed by atoms with Crippen LogP contribution in [0.1, 0.15) is 46.5 Å². The summed E-state index contributed by atoms with van der Waals surface area (Å²) in [5, 5.41) is 3.70. The molecular weight excluding hydrogens is 184 g/mol. The van der Waals surface area contributed by atoms with Crippen LogP contribution in [-0.4, -0.2) is 37.1 Å². The number of hydrogen-bond acceptors (Lipinski definition) is 2. The number of rotatable bonds is 5. The summed E-state index contributed by atoms with van der Waals surface area (Å²) in [7, 11) is 0. The van der Waals surface area contributed by atoms with Gasteiger partial charge in [0.15, 0.2) is 0 Å². The summed E-state index contributed by atoms with van der Waals surface area (Å²) in [6, 6.07) is 0.717. The Labute approximate surface area is 95.4 Å². The smallest absolute Gasteiger partial charge is 0.0220 e. The molecule has 0 bridgehead atoms. The predicted octanol–water partition coefficient (Wildman–Crippen LogP) is 2.50. The Morgan fingerprint density at radius 2 is 2.20 bits per heavy atom. The molecule has 0 aromatic heterocycles. The van der Waals surface area contributed by atoms with Crippen molar-refractivity contribution in [2.75, 3.05) is 26.2 Å². The van der Waals surface area contributed by atoms with Gasteiger partial charge in [0.05, 0.1) is 0 Å². The highest BCUT2D eigenvalue weighted by molar-refractivity contribution is 4.80. The van der Waals surface area contributed by atoms with Gasteiger partial charge < -0.3 is 10.2 Å². The van der Waals surface area contributed by atoms with E-state index in [1.54, 1.807) is 0 Å². The highest BCUT2D eigenvalue weighted by Gasteiger charge is 2.20. The summed E-state index contributed by atoms with van der Waals surface area (Å²) in [5.74, 6) is 0.812. The van der Waals surface area contributed by atoms with Crippen molar-refractivity contribution in [2.24, 2.45) is 5.92 Å². The van der Waals surface area contributed by atoms with Gasteiger partial charge in [0, 0.05) is 12.6 Å². The molecule has 1 rings (SSSR count). The highest BCUT2D eigenvalue weighted by Crippen LogP contribution is 2.12. The van der Waals surface area contributed by atoms with E-state index in [0.717, 1.165) is 5.92 Å². The topological polar surface area (TPSA) is 15.3 Å². The number of nitrogens with one attached hydrogen (secondary N) is 1. The van der Waals surface area contributed by atoms with Gasteiger partial charge in [-0.15, -0.1) is 0 Å². The van der Waals surface area contributed by atoms with Gasteiger partial charge >= 0.3 is 0 Å². The Balaban J connectivity index is 2.38. The van der Waals surface area contributed by atoms with Gasteiger partial charge in [0.1, 0.15) is 0 Å². The summed E-state index contributed by atoms with van der Waals surface area (Å²) in [6.45, 7) is 12.0. The van der Waals surface area contributed by atoms with E-state index in [1.807, 2.05) is 0 Å². The molecule has 0 saturated carbocycles. The van der Waals surface area contributed by atoms with Gasteiger partial charge in [-0.3, -0.25) is 0 Å². The van der Waals surface area contributed by atoms with Crippen molar-refractivity contribution >= 4 is 0 Å². The third-order valence-electron chi connectivity index (χ3n) is 3.67. The summed E-state index contributed by atoms with van der Waals surface area (Å²) < 4.78 is 0. The minimum atomic E-state index is 0.717. The average molecular weight is 212 g/mol. The van der Waals surface area contributed by atoms with Crippen molar-refractivity contribution in [3.8, 4) is 0 Å². The molecular formula is C13H28N2. The normalized spacial score (nSPS) is 26.2. The summed E-state index contributed by atoms with van der Waals surface area (Å²) >= 11 is 0. The molecule has 0 aromatic rings. The van der Waals surface area contributed by atoms with E-state index in [4.69, 9.17) is 0 Å². The molecule has 1 N–H and O–H groups in total. The number of unbranched alkanes of at least 4 members (excludes halogenated alkanes) is 1. The quantitative estimate of drug-likeness (QED) is 0.753. The standard InChI is InChI=1S/C13H28N2/c1-4-6-9-15-10-7-8-14-13(11-15)12(3)5-2/h12-14H,4-11H2,1-3H3. The number of hydrogen-bond donors (Lipinski definition) is 1. The Bertz CT molecular complexity index is 159. The lowest BCUT2D eigenvalue weighted by atomic mass is 9.99. The first-order valence-electron chi connectivity index (χ1n) is 6.73. The van der Waals surface area contributed by atoms with E-state index in [0.29, 0.717) is 6.04 Å². The molecule has 2 unspecified atom stereocenters. The third kappa shape index (κ3) is 4.52. The molecule has 0 spiro atoms. The fourth-order valence-corrected chi connectivity index (χ4v) is 2.27. The van der Waals surface area contributed by atoms with Crippen molar-refractivity contribution in [3.05, 3.63) is 0 Å². The van der Waals surface area contributed by atoms with Gasteiger partial charge in [-0.25, -0.2) is 0 Å². The van der Waals surface area contributed by atoms with Gasteiger partial charge in [0.25, 0.3) is 0 Å². The van der Waals surface area contributed by atoms with Crippen LogP contribution in [0.15, 0.2) is 0 Å². The van der Waals surface area contributed by atoms with E-state index >= 15 is 0 Å². The Hall–Kier alpha value is -0.0800. The van der Waals surface area contributed by atoms with Crippen molar-refractivity contribution < 1.29 is 0 Å². The Morgan fingerprint density at radius 1 is 1.40 bits per heavy atom. The predicted molar refractivity (Wildman–Crippen MR) is 67.2 cm³/mol. The van der Waals surface area contributed by atoms with Crippen LogP contribution in [0.2, 0.25) is 0 Å². The molecule has 0 amide bonds. The largest absolute Gasteiger partial charge is 0.312 e. The van der Waals surface area contributed by atoms with E-state index in [-0.39, 0.29) is 0 Å². The van der Waals surface area contributed by atoms with Gasteiger partial charge in [-0.1, -0.05) is 33.6 Å².